The van der Waals surface area contributed by atoms with Crippen molar-refractivity contribution in [3.63, 3.8) is 0 Å². The number of benzene rings is 1. The molecular weight excluding hydrogens is 521 g/mol. The lowest BCUT2D eigenvalue weighted by Gasteiger charge is -2.31. The summed E-state index contributed by atoms with van der Waals surface area (Å²) >= 11 is 1.88. The van der Waals surface area contributed by atoms with Crippen molar-refractivity contribution in [3.8, 4) is 0 Å². The van der Waals surface area contributed by atoms with Crippen molar-refractivity contribution < 1.29 is 4.42 Å². The molecule has 0 radical (unpaired) electrons. The van der Waals surface area contributed by atoms with E-state index in [9.17, 15) is 0 Å². The standard InChI is InChI=1S/C23H35N5OS.HI/c1-17(30-21-8-6-5-7-9-21)14-25-23(24-4)26-15-20-10-12-28(13-11-20)16-22-27-18(2)19(3)29-22;/h5-9,17,20H,10-16H2,1-4H3,(H2,24,25,26);1H. The van der Waals surface area contributed by atoms with Gasteiger partial charge in [0.1, 0.15) is 5.76 Å². The van der Waals surface area contributed by atoms with Crippen LogP contribution >= 0.6 is 35.7 Å². The normalized spacial score (nSPS) is 16.6. The molecule has 1 aliphatic rings. The van der Waals surface area contributed by atoms with Crippen LogP contribution in [0, 0.1) is 19.8 Å². The number of nitrogens with one attached hydrogen (secondary N) is 2. The zero-order chi connectivity index (χ0) is 21.3. The third kappa shape index (κ3) is 8.65. The highest BCUT2D eigenvalue weighted by molar-refractivity contribution is 14.0. The molecule has 1 aliphatic heterocycles. The van der Waals surface area contributed by atoms with Crippen molar-refractivity contribution in [1.82, 2.24) is 20.5 Å². The van der Waals surface area contributed by atoms with Crippen LogP contribution in [0.3, 0.4) is 0 Å². The molecule has 3 rings (SSSR count). The number of rotatable bonds is 8. The van der Waals surface area contributed by atoms with E-state index in [1.807, 2.05) is 32.7 Å². The second-order valence-electron chi connectivity index (χ2n) is 8.04. The summed E-state index contributed by atoms with van der Waals surface area (Å²) in [6.45, 7) is 11.1. The van der Waals surface area contributed by atoms with Crippen molar-refractivity contribution in [3.05, 3.63) is 47.7 Å². The highest BCUT2D eigenvalue weighted by Gasteiger charge is 2.21. The molecule has 2 N–H and O–H groups in total. The van der Waals surface area contributed by atoms with Gasteiger partial charge in [-0.2, -0.15) is 0 Å². The quantitative estimate of drug-likeness (QED) is 0.216. The van der Waals surface area contributed by atoms with E-state index in [1.54, 1.807) is 0 Å². The first kappa shape index (κ1) is 26.0. The maximum Gasteiger partial charge on any atom is 0.208 e. The Morgan fingerprint density at radius 1 is 1.23 bits per heavy atom. The first-order chi connectivity index (χ1) is 14.5. The van der Waals surface area contributed by atoms with Crippen LogP contribution in [0.2, 0.25) is 0 Å². The van der Waals surface area contributed by atoms with E-state index in [4.69, 9.17) is 4.42 Å². The van der Waals surface area contributed by atoms with Gasteiger partial charge in [0.2, 0.25) is 5.89 Å². The summed E-state index contributed by atoms with van der Waals surface area (Å²) in [4.78, 5) is 12.6. The van der Waals surface area contributed by atoms with Gasteiger partial charge < -0.3 is 15.1 Å². The molecule has 0 bridgehead atoms. The van der Waals surface area contributed by atoms with E-state index >= 15 is 0 Å². The molecule has 1 saturated heterocycles. The number of oxazole rings is 1. The van der Waals surface area contributed by atoms with Gasteiger partial charge in [0.15, 0.2) is 5.96 Å². The maximum atomic E-state index is 5.73. The number of aryl methyl sites for hydroxylation is 2. The van der Waals surface area contributed by atoms with E-state index in [1.165, 1.54) is 17.7 Å². The van der Waals surface area contributed by atoms with Crippen LogP contribution in [-0.4, -0.2) is 54.3 Å². The molecule has 1 aromatic carbocycles. The van der Waals surface area contributed by atoms with E-state index in [-0.39, 0.29) is 24.0 Å². The monoisotopic (exact) mass is 557 g/mol. The molecule has 31 heavy (non-hydrogen) atoms. The Bertz CT molecular complexity index is 786. The molecule has 8 heteroatoms. The largest absolute Gasteiger partial charge is 0.444 e. The molecule has 0 amide bonds. The first-order valence-corrected chi connectivity index (χ1v) is 11.7. The minimum Gasteiger partial charge on any atom is -0.444 e. The highest BCUT2D eigenvalue weighted by Crippen LogP contribution is 2.22. The van der Waals surface area contributed by atoms with Crippen LogP contribution in [0.4, 0.5) is 0 Å². The number of piperidine rings is 1. The Hall–Kier alpha value is -1.26. The van der Waals surface area contributed by atoms with Gasteiger partial charge in [0.05, 0.1) is 12.2 Å². The lowest BCUT2D eigenvalue weighted by Crippen LogP contribution is -2.44. The van der Waals surface area contributed by atoms with E-state index < -0.39 is 0 Å². The Kier molecular flexibility index (Phi) is 11.2. The van der Waals surface area contributed by atoms with E-state index in [0.717, 1.165) is 56.0 Å². The van der Waals surface area contributed by atoms with Gasteiger partial charge in [0, 0.05) is 30.3 Å². The number of halogens is 1. The van der Waals surface area contributed by atoms with Gasteiger partial charge in [0.25, 0.3) is 0 Å². The Morgan fingerprint density at radius 3 is 2.55 bits per heavy atom. The third-order valence-corrected chi connectivity index (χ3v) is 6.67. The van der Waals surface area contributed by atoms with E-state index in [0.29, 0.717) is 11.2 Å². The fourth-order valence-electron chi connectivity index (χ4n) is 3.62. The molecule has 6 nitrogen and oxygen atoms in total. The second kappa shape index (κ2) is 13.3. The molecule has 1 fully saturated rings. The highest BCUT2D eigenvalue weighted by atomic mass is 127. The summed E-state index contributed by atoms with van der Waals surface area (Å²) < 4.78 is 5.73. The smallest absolute Gasteiger partial charge is 0.208 e. The predicted molar refractivity (Wildman–Crippen MR) is 141 cm³/mol. The van der Waals surface area contributed by atoms with Crippen molar-refractivity contribution >= 4 is 41.7 Å². The topological polar surface area (TPSA) is 65.7 Å². The average molecular weight is 558 g/mol. The first-order valence-electron chi connectivity index (χ1n) is 10.8. The van der Waals surface area contributed by atoms with Crippen LogP contribution in [0.1, 0.15) is 37.1 Å². The zero-order valence-corrected chi connectivity index (χ0v) is 22.2. The summed E-state index contributed by atoms with van der Waals surface area (Å²) in [7, 11) is 1.84. The summed E-state index contributed by atoms with van der Waals surface area (Å²) in [5.41, 5.74) is 0.999. The van der Waals surface area contributed by atoms with Gasteiger partial charge in [-0.25, -0.2) is 4.98 Å². The molecule has 2 aromatic rings. The van der Waals surface area contributed by atoms with Crippen molar-refractivity contribution in [2.45, 2.75) is 50.3 Å². The number of hydrogen-bond acceptors (Lipinski definition) is 5. The van der Waals surface area contributed by atoms with Crippen molar-refractivity contribution in [2.75, 3.05) is 33.2 Å². The lowest BCUT2D eigenvalue weighted by atomic mass is 9.97. The fraction of sp³-hybridized carbons (Fsp3) is 0.565. The molecule has 1 unspecified atom stereocenters. The average Bonchev–Trinajstić information content (AvgIpc) is 3.06. The van der Waals surface area contributed by atoms with Crippen LogP contribution in [0.25, 0.3) is 0 Å². The molecule has 172 valence electrons. The number of likely N-dealkylation sites (tertiary alicyclic amines) is 1. The predicted octanol–water partition coefficient (Wildman–Crippen LogP) is 4.47. The summed E-state index contributed by atoms with van der Waals surface area (Å²) in [6.07, 6.45) is 2.37. The summed E-state index contributed by atoms with van der Waals surface area (Å²) in [6, 6.07) is 10.5. The van der Waals surface area contributed by atoms with Gasteiger partial charge in [-0.1, -0.05) is 25.1 Å². The van der Waals surface area contributed by atoms with Gasteiger partial charge in [-0.15, -0.1) is 35.7 Å². The maximum absolute atomic E-state index is 5.73. The molecule has 0 saturated carbocycles. The minimum absolute atomic E-state index is 0. The second-order valence-corrected chi connectivity index (χ2v) is 9.56. The minimum atomic E-state index is 0. The zero-order valence-electron chi connectivity index (χ0n) is 19.1. The SMILES string of the molecule is CN=C(NCC1CCN(Cc2nc(C)c(C)o2)CC1)NCC(C)Sc1ccccc1.I. The molecular formula is C23H36IN5OS. The summed E-state index contributed by atoms with van der Waals surface area (Å²) in [5.74, 6) is 3.33. The van der Waals surface area contributed by atoms with Gasteiger partial charge in [-0.3, -0.25) is 9.89 Å². The lowest BCUT2D eigenvalue weighted by molar-refractivity contribution is 0.164. The fourth-order valence-corrected chi connectivity index (χ4v) is 4.57. The van der Waals surface area contributed by atoms with Crippen LogP contribution in [0.15, 0.2) is 44.6 Å². The number of guanidine groups is 1. The molecule has 0 spiro atoms. The molecule has 0 aliphatic carbocycles. The molecule has 1 aromatic heterocycles. The number of nitrogens with zero attached hydrogens (tertiary/aromatic N) is 3. The van der Waals surface area contributed by atoms with Crippen LogP contribution in [-0.2, 0) is 6.54 Å². The molecule has 2 heterocycles. The van der Waals surface area contributed by atoms with Crippen molar-refractivity contribution in [2.24, 2.45) is 10.9 Å². The van der Waals surface area contributed by atoms with Crippen LogP contribution in [0.5, 0.6) is 0 Å². The van der Waals surface area contributed by atoms with Crippen LogP contribution < -0.4 is 10.6 Å². The Labute approximate surface area is 208 Å². The number of hydrogen-bond donors (Lipinski definition) is 2. The van der Waals surface area contributed by atoms with Gasteiger partial charge in [-0.05, 0) is 57.8 Å². The van der Waals surface area contributed by atoms with Gasteiger partial charge >= 0.3 is 0 Å². The van der Waals surface area contributed by atoms with E-state index in [2.05, 4.69) is 62.8 Å². The van der Waals surface area contributed by atoms with Crippen molar-refractivity contribution in [1.29, 1.82) is 0 Å². The number of aliphatic imine (C=N–C) groups is 1. The summed E-state index contributed by atoms with van der Waals surface area (Å²) in [5, 5.41) is 7.45. The molecule has 1 atom stereocenters. The Morgan fingerprint density at radius 2 is 1.94 bits per heavy atom. The third-order valence-electron chi connectivity index (χ3n) is 5.56. The number of aromatic nitrogens is 1. The number of thioether (sulfide) groups is 1. The Balaban J connectivity index is 0.00000341.